The minimum absolute atomic E-state index is 0.249. The first-order valence-corrected chi connectivity index (χ1v) is 5.22. The van der Waals surface area contributed by atoms with E-state index in [0.29, 0.717) is 10.7 Å². The minimum Gasteiger partial charge on any atom is -0.308 e. The van der Waals surface area contributed by atoms with Gasteiger partial charge in [0.2, 0.25) is 5.95 Å². The normalized spacial score (nSPS) is 9.71. The second kappa shape index (κ2) is 5.27. The van der Waals surface area contributed by atoms with Gasteiger partial charge in [0, 0.05) is 23.1 Å². The number of hydrogen-bond acceptors (Lipinski definition) is 3. The first-order chi connectivity index (χ1) is 8.24. The fourth-order valence-corrected chi connectivity index (χ4v) is 1.29. The summed E-state index contributed by atoms with van der Waals surface area (Å²) in [6, 6.07) is 8.05. The molecule has 1 aromatic carbocycles. The number of benzene rings is 1. The number of halogens is 1. The molecule has 17 heavy (non-hydrogen) atoms. The third-order valence-electron chi connectivity index (χ3n) is 1.89. The van der Waals surface area contributed by atoms with Gasteiger partial charge in [-0.1, -0.05) is 11.6 Å². The molecule has 2 amide bonds. The Morgan fingerprint density at radius 2 is 1.71 bits per heavy atom. The molecule has 0 aliphatic carbocycles. The quantitative estimate of drug-likeness (QED) is 0.859. The monoisotopic (exact) mass is 248 g/mol. The van der Waals surface area contributed by atoms with Gasteiger partial charge in [0.05, 0.1) is 0 Å². The van der Waals surface area contributed by atoms with Gasteiger partial charge in [-0.05, 0) is 30.3 Å². The highest BCUT2D eigenvalue weighted by molar-refractivity contribution is 6.30. The van der Waals surface area contributed by atoms with Crippen LogP contribution in [0.5, 0.6) is 0 Å². The van der Waals surface area contributed by atoms with Gasteiger partial charge in [-0.25, -0.2) is 14.8 Å². The van der Waals surface area contributed by atoms with Crippen molar-refractivity contribution in [2.24, 2.45) is 0 Å². The van der Waals surface area contributed by atoms with Crippen molar-refractivity contribution in [2.75, 3.05) is 10.6 Å². The molecule has 1 heterocycles. The molecular weight excluding hydrogens is 240 g/mol. The summed E-state index contributed by atoms with van der Waals surface area (Å²) in [7, 11) is 0. The number of carbonyl (C=O) groups excluding carboxylic acids is 1. The number of rotatable bonds is 2. The van der Waals surface area contributed by atoms with Gasteiger partial charge in [0.1, 0.15) is 0 Å². The van der Waals surface area contributed by atoms with Gasteiger partial charge in [0.25, 0.3) is 0 Å². The summed E-state index contributed by atoms with van der Waals surface area (Å²) in [4.78, 5) is 19.3. The van der Waals surface area contributed by atoms with Crippen molar-refractivity contribution < 1.29 is 4.79 Å². The second-order valence-electron chi connectivity index (χ2n) is 3.16. The van der Waals surface area contributed by atoms with Crippen LogP contribution in [0.2, 0.25) is 5.02 Å². The van der Waals surface area contributed by atoms with Crippen LogP contribution < -0.4 is 10.6 Å². The van der Waals surface area contributed by atoms with Crippen molar-refractivity contribution in [1.82, 2.24) is 9.97 Å². The highest BCUT2D eigenvalue weighted by atomic mass is 35.5. The smallest absolute Gasteiger partial charge is 0.308 e. The van der Waals surface area contributed by atoms with Crippen molar-refractivity contribution in [2.45, 2.75) is 0 Å². The molecule has 6 heteroatoms. The molecule has 0 atom stereocenters. The van der Waals surface area contributed by atoms with Gasteiger partial charge in [0.15, 0.2) is 0 Å². The Morgan fingerprint density at radius 1 is 1.06 bits per heavy atom. The minimum atomic E-state index is -0.404. The van der Waals surface area contributed by atoms with E-state index in [1.165, 1.54) is 0 Å². The molecular formula is C11H9ClN4O. The molecule has 0 aliphatic heterocycles. The van der Waals surface area contributed by atoms with Crippen LogP contribution in [0.15, 0.2) is 42.7 Å². The Labute approximate surface area is 103 Å². The first kappa shape index (κ1) is 11.3. The lowest BCUT2D eigenvalue weighted by Crippen LogP contribution is -2.20. The van der Waals surface area contributed by atoms with Crippen LogP contribution in [-0.2, 0) is 0 Å². The van der Waals surface area contributed by atoms with Crippen LogP contribution in [0, 0.1) is 0 Å². The van der Waals surface area contributed by atoms with E-state index in [0.717, 1.165) is 0 Å². The van der Waals surface area contributed by atoms with Crippen LogP contribution in [0.25, 0.3) is 0 Å². The lowest BCUT2D eigenvalue weighted by atomic mass is 10.3. The summed E-state index contributed by atoms with van der Waals surface area (Å²) in [6.45, 7) is 0. The predicted octanol–water partition coefficient (Wildman–Crippen LogP) is 2.77. The summed E-state index contributed by atoms with van der Waals surface area (Å²) in [5, 5.41) is 5.74. The fraction of sp³-hybridized carbons (Fsp3) is 0. The molecule has 0 radical (unpaired) electrons. The van der Waals surface area contributed by atoms with Crippen LogP contribution >= 0.6 is 11.6 Å². The van der Waals surface area contributed by atoms with Crippen molar-refractivity contribution in [3.8, 4) is 0 Å². The average molecular weight is 249 g/mol. The van der Waals surface area contributed by atoms with E-state index in [1.807, 2.05) is 0 Å². The largest absolute Gasteiger partial charge is 0.326 e. The summed E-state index contributed by atoms with van der Waals surface area (Å²) in [5.41, 5.74) is 0.642. The molecule has 0 saturated carbocycles. The van der Waals surface area contributed by atoms with Crippen LogP contribution in [0.1, 0.15) is 0 Å². The van der Waals surface area contributed by atoms with Gasteiger partial charge < -0.3 is 5.32 Å². The first-order valence-electron chi connectivity index (χ1n) is 4.84. The van der Waals surface area contributed by atoms with E-state index in [-0.39, 0.29) is 5.95 Å². The van der Waals surface area contributed by atoms with Crippen molar-refractivity contribution in [3.05, 3.63) is 47.7 Å². The zero-order valence-electron chi connectivity index (χ0n) is 8.72. The Morgan fingerprint density at radius 3 is 2.35 bits per heavy atom. The molecule has 5 nitrogen and oxygen atoms in total. The zero-order valence-corrected chi connectivity index (χ0v) is 9.48. The molecule has 0 unspecified atom stereocenters. The summed E-state index contributed by atoms with van der Waals surface area (Å²) in [6.07, 6.45) is 3.09. The standard InChI is InChI=1S/C11H9ClN4O/c12-8-2-4-9(5-3-8)15-11(17)16-10-13-6-1-7-14-10/h1-7H,(H2,13,14,15,16,17). The molecule has 0 spiro atoms. The molecule has 86 valence electrons. The molecule has 2 N–H and O–H groups in total. The number of hydrogen-bond donors (Lipinski definition) is 2. The zero-order chi connectivity index (χ0) is 12.1. The lowest BCUT2D eigenvalue weighted by Gasteiger charge is -2.05. The maximum Gasteiger partial charge on any atom is 0.326 e. The molecule has 2 rings (SSSR count). The number of carbonyl (C=O) groups is 1. The summed E-state index contributed by atoms with van der Waals surface area (Å²) >= 11 is 5.73. The number of nitrogens with one attached hydrogen (secondary N) is 2. The van der Waals surface area contributed by atoms with Gasteiger partial charge >= 0.3 is 6.03 Å². The maximum absolute atomic E-state index is 11.5. The van der Waals surface area contributed by atoms with Crippen LogP contribution in [0.3, 0.4) is 0 Å². The molecule has 0 fully saturated rings. The van der Waals surface area contributed by atoms with Crippen molar-refractivity contribution in [3.63, 3.8) is 0 Å². The number of anilines is 2. The molecule has 1 aromatic heterocycles. The molecule has 0 saturated heterocycles. The number of urea groups is 1. The van der Waals surface area contributed by atoms with E-state index in [9.17, 15) is 4.79 Å². The van der Waals surface area contributed by atoms with Gasteiger partial charge in [-0.2, -0.15) is 0 Å². The summed E-state index contributed by atoms with van der Waals surface area (Å²) < 4.78 is 0. The predicted molar refractivity (Wildman–Crippen MR) is 66.1 cm³/mol. The highest BCUT2D eigenvalue weighted by Crippen LogP contribution is 2.13. The molecule has 0 bridgehead atoms. The molecule has 2 aromatic rings. The number of nitrogens with zero attached hydrogens (tertiary/aromatic N) is 2. The van der Waals surface area contributed by atoms with E-state index < -0.39 is 6.03 Å². The second-order valence-corrected chi connectivity index (χ2v) is 3.59. The fourth-order valence-electron chi connectivity index (χ4n) is 1.16. The Bertz CT molecular complexity index is 501. The van der Waals surface area contributed by atoms with Crippen LogP contribution in [0.4, 0.5) is 16.4 Å². The topological polar surface area (TPSA) is 66.9 Å². The maximum atomic E-state index is 11.5. The highest BCUT2D eigenvalue weighted by Gasteiger charge is 2.03. The Kier molecular flexibility index (Phi) is 3.52. The van der Waals surface area contributed by atoms with Gasteiger partial charge in [-0.15, -0.1) is 0 Å². The number of aromatic nitrogens is 2. The lowest BCUT2D eigenvalue weighted by molar-refractivity contribution is 0.262. The Balaban J connectivity index is 1.96. The summed E-state index contributed by atoms with van der Waals surface area (Å²) in [5.74, 6) is 0.249. The van der Waals surface area contributed by atoms with E-state index in [4.69, 9.17) is 11.6 Å². The molecule has 0 aliphatic rings. The third-order valence-corrected chi connectivity index (χ3v) is 2.15. The Hall–Kier alpha value is -2.14. The SMILES string of the molecule is O=C(Nc1ccc(Cl)cc1)Nc1ncccn1. The third kappa shape index (κ3) is 3.42. The van der Waals surface area contributed by atoms with E-state index in [2.05, 4.69) is 20.6 Å². The van der Waals surface area contributed by atoms with Crippen molar-refractivity contribution >= 4 is 29.3 Å². The van der Waals surface area contributed by atoms with Crippen molar-refractivity contribution in [1.29, 1.82) is 0 Å². The van der Waals surface area contributed by atoms with Gasteiger partial charge in [-0.3, -0.25) is 5.32 Å². The van der Waals surface area contributed by atoms with E-state index >= 15 is 0 Å². The average Bonchev–Trinajstić information content (AvgIpc) is 2.33. The van der Waals surface area contributed by atoms with E-state index in [1.54, 1.807) is 42.7 Å². The van der Waals surface area contributed by atoms with Crippen LogP contribution in [-0.4, -0.2) is 16.0 Å². The number of amides is 2.